The largest absolute Gasteiger partial charge is 0.492 e. The molecular weight excluding hydrogens is 402 g/mol. The Morgan fingerprint density at radius 1 is 1.21 bits per heavy atom. The summed E-state index contributed by atoms with van der Waals surface area (Å²) in [6.07, 6.45) is 8.54. The summed E-state index contributed by atoms with van der Waals surface area (Å²) >= 11 is 8.05. The molecule has 4 rings (SSSR count). The number of hydrogen-bond donors (Lipinski definition) is 1. The Labute approximate surface area is 181 Å². The lowest BCUT2D eigenvalue weighted by atomic mass is 9.90. The van der Waals surface area contributed by atoms with Gasteiger partial charge < -0.3 is 9.84 Å². The maximum atomic E-state index is 10.3. The van der Waals surface area contributed by atoms with Crippen LogP contribution in [-0.4, -0.2) is 16.7 Å². The van der Waals surface area contributed by atoms with Crippen molar-refractivity contribution in [3.8, 4) is 16.9 Å². The maximum absolute atomic E-state index is 10.3. The molecule has 2 heterocycles. The number of rotatable bonds is 6. The molecule has 0 bridgehead atoms. The van der Waals surface area contributed by atoms with Crippen molar-refractivity contribution in [2.75, 3.05) is 6.61 Å². The van der Waals surface area contributed by atoms with E-state index in [1.165, 1.54) is 32.1 Å². The van der Waals surface area contributed by atoms with Crippen LogP contribution in [-0.2, 0) is 0 Å². The quantitative estimate of drug-likeness (QED) is 0.446. The van der Waals surface area contributed by atoms with Crippen molar-refractivity contribution in [2.24, 2.45) is 5.92 Å². The lowest BCUT2D eigenvalue weighted by Crippen LogP contribution is -2.16. The van der Waals surface area contributed by atoms with Crippen LogP contribution >= 0.6 is 22.9 Å². The average molecular weight is 430 g/mol. The summed E-state index contributed by atoms with van der Waals surface area (Å²) in [4.78, 5) is 5.47. The molecule has 0 aliphatic heterocycles. The molecule has 2 aromatic heterocycles. The highest BCUT2D eigenvalue weighted by Gasteiger charge is 2.20. The summed E-state index contributed by atoms with van der Waals surface area (Å²) < 4.78 is 7.49. The number of fused-ring (bicyclic) bond motifs is 1. The van der Waals surface area contributed by atoms with Crippen molar-refractivity contribution in [3.63, 3.8) is 0 Å². The van der Waals surface area contributed by atoms with Crippen molar-refractivity contribution < 1.29 is 9.84 Å². The van der Waals surface area contributed by atoms with Gasteiger partial charge in [-0.1, -0.05) is 37.8 Å². The summed E-state index contributed by atoms with van der Waals surface area (Å²) in [7, 11) is 0. The van der Waals surface area contributed by atoms with Crippen LogP contribution in [0.2, 0.25) is 5.02 Å². The van der Waals surface area contributed by atoms with Crippen molar-refractivity contribution in [1.29, 1.82) is 0 Å². The number of thiophene rings is 1. The van der Waals surface area contributed by atoms with Crippen LogP contribution in [0.4, 0.5) is 0 Å². The first-order chi connectivity index (χ1) is 14.1. The Kier molecular flexibility index (Phi) is 6.43. The molecule has 3 nitrogen and oxygen atoms in total. The minimum atomic E-state index is -0.454. The van der Waals surface area contributed by atoms with Crippen molar-refractivity contribution in [2.45, 2.75) is 58.5 Å². The van der Waals surface area contributed by atoms with Gasteiger partial charge in [-0.25, -0.2) is 0 Å². The number of benzene rings is 1. The zero-order valence-corrected chi connectivity index (χ0v) is 18.7. The van der Waals surface area contributed by atoms with Gasteiger partial charge in [0.25, 0.3) is 0 Å². The number of aromatic nitrogens is 1. The van der Waals surface area contributed by atoms with Crippen LogP contribution in [0.5, 0.6) is 5.75 Å². The molecule has 154 valence electrons. The zero-order valence-electron chi connectivity index (χ0n) is 17.1. The highest BCUT2D eigenvalue weighted by atomic mass is 35.5. The third-order valence-electron chi connectivity index (χ3n) is 5.86. The van der Waals surface area contributed by atoms with E-state index in [1.54, 1.807) is 11.3 Å². The zero-order chi connectivity index (χ0) is 20.4. The van der Waals surface area contributed by atoms with E-state index in [-0.39, 0.29) is 0 Å². The van der Waals surface area contributed by atoms with E-state index in [0.717, 1.165) is 44.1 Å². The molecule has 1 fully saturated rings. The lowest BCUT2D eigenvalue weighted by molar-refractivity contribution is 0.177. The maximum Gasteiger partial charge on any atom is 0.130 e. The number of aliphatic hydroxyl groups excluding tert-OH is 1. The molecule has 5 heteroatoms. The molecule has 3 aromatic rings. The van der Waals surface area contributed by atoms with Gasteiger partial charge in [-0.15, -0.1) is 11.3 Å². The molecule has 1 N–H and O–H groups in total. The van der Waals surface area contributed by atoms with Gasteiger partial charge in [0.2, 0.25) is 0 Å². The number of ether oxygens (including phenoxy) is 1. The molecule has 1 saturated carbocycles. The number of hydrogen-bond acceptors (Lipinski definition) is 4. The highest BCUT2D eigenvalue weighted by molar-refractivity contribution is 7.19. The second-order valence-corrected chi connectivity index (χ2v) is 9.58. The molecule has 0 radical (unpaired) electrons. The second kappa shape index (κ2) is 9.03. The molecule has 1 unspecified atom stereocenters. The number of nitrogens with zero attached hydrogens (tertiary/aromatic N) is 1. The Hall–Kier alpha value is -1.62. The van der Waals surface area contributed by atoms with Crippen LogP contribution in [0.3, 0.4) is 0 Å². The first-order valence-corrected chi connectivity index (χ1v) is 11.8. The molecule has 0 spiro atoms. The fourth-order valence-electron chi connectivity index (χ4n) is 4.21. The third-order valence-corrected chi connectivity index (χ3v) is 7.34. The van der Waals surface area contributed by atoms with Crippen molar-refractivity contribution in [1.82, 2.24) is 4.98 Å². The topological polar surface area (TPSA) is 42.4 Å². The number of halogens is 1. The van der Waals surface area contributed by atoms with Gasteiger partial charge in [0.05, 0.1) is 22.9 Å². The van der Waals surface area contributed by atoms with Gasteiger partial charge in [-0.05, 0) is 61.9 Å². The molecule has 1 atom stereocenters. The molecule has 0 saturated heterocycles. The Bertz CT molecular complexity index is 994. The first kappa shape index (κ1) is 20.6. The summed E-state index contributed by atoms with van der Waals surface area (Å²) in [6.45, 7) is 4.81. The Morgan fingerprint density at radius 3 is 2.76 bits per heavy atom. The molecule has 1 aliphatic carbocycles. The normalized spacial score (nSPS) is 16.3. The van der Waals surface area contributed by atoms with E-state index >= 15 is 0 Å². The van der Waals surface area contributed by atoms with Crippen LogP contribution in [0.25, 0.3) is 21.3 Å². The molecule has 1 aromatic carbocycles. The van der Waals surface area contributed by atoms with Crippen molar-refractivity contribution >= 4 is 33.2 Å². The summed E-state index contributed by atoms with van der Waals surface area (Å²) in [5, 5.41) is 11.0. The van der Waals surface area contributed by atoms with Crippen LogP contribution < -0.4 is 4.74 Å². The number of aryl methyl sites for hydroxylation is 1. The summed E-state index contributed by atoms with van der Waals surface area (Å²) in [5.41, 5.74) is 4.04. The van der Waals surface area contributed by atoms with Gasteiger partial charge in [0.1, 0.15) is 5.75 Å². The predicted molar refractivity (Wildman–Crippen MR) is 122 cm³/mol. The van der Waals surface area contributed by atoms with E-state index in [0.29, 0.717) is 17.4 Å². The van der Waals surface area contributed by atoms with Gasteiger partial charge >= 0.3 is 0 Å². The van der Waals surface area contributed by atoms with Gasteiger partial charge in [-0.3, -0.25) is 4.98 Å². The highest BCUT2D eigenvalue weighted by Crippen LogP contribution is 2.42. The first-order valence-electron chi connectivity index (χ1n) is 10.6. The van der Waals surface area contributed by atoms with E-state index < -0.39 is 6.10 Å². The van der Waals surface area contributed by atoms with E-state index in [2.05, 4.69) is 11.9 Å². The lowest BCUT2D eigenvalue weighted by Gasteiger charge is -2.23. The van der Waals surface area contributed by atoms with Gasteiger partial charge in [0.15, 0.2) is 0 Å². The van der Waals surface area contributed by atoms with Gasteiger partial charge in [-0.2, -0.15) is 0 Å². The van der Waals surface area contributed by atoms with E-state index in [4.69, 9.17) is 16.3 Å². The van der Waals surface area contributed by atoms with E-state index in [9.17, 15) is 5.11 Å². The molecule has 0 amide bonds. The minimum absolute atomic E-state index is 0.454. The van der Waals surface area contributed by atoms with Crippen LogP contribution in [0, 0.1) is 12.8 Å². The summed E-state index contributed by atoms with van der Waals surface area (Å²) in [5.74, 6) is 1.55. The molecular formula is C24H28ClNO2S. The van der Waals surface area contributed by atoms with Gasteiger partial charge in [0, 0.05) is 27.2 Å². The Morgan fingerprint density at radius 2 is 2.00 bits per heavy atom. The number of aliphatic hydroxyl groups is 1. The monoisotopic (exact) mass is 429 g/mol. The number of pyridine rings is 1. The third kappa shape index (κ3) is 4.45. The average Bonchev–Trinajstić information content (AvgIpc) is 3.17. The van der Waals surface area contributed by atoms with Crippen molar-refractivity contribution in [3.05, 3.63) is 45.9 Å². The Balaban J connectivity index is 1.74. The fourth-order valence-corrected chi connectivity index (χ4v) is 5.70. The summed E-state index contributed by atoms with van der Waals surface area (Å²) in [6, 6.07) is 7.99. The van der Waals surface area contributed by atoms with Crippen LogP contribution in [0.15, 0.2) is 30.5 Å². The molecule has 1 aliphatic rings. The standard InChI is InChI=1S/C24H28ClNO2S/c1-3-21(27)22-13-20-24(29-22)18(9-10-26-20)19-12-17(25)11-15(2)23(19)28-14-16-7-5-4-6-8-16/h9-13,16,21,27H,3-8,14H2,1-2H3. The SMILES string of the molecule is CCC(O)c1cc2nccc(-c3cc(Cl)cc(C)c3OCC3CCCCC3)c2s1. The fraction of sp³-hybridized carbons (Fsp3) is 0.458. The second-order valence-electron chi connectivity index (χ2n) is 8.06. The van der Waals surface area contributed by atoms with E-state index in [1.807, 2.05) is 37.4 Å². The smallest absolute Gasteiger partial charge is 0.130 e. The molecule has 29 heavy (non-hydrogen) atoms. The minimum Gasteiger partial charge on any atom is -0.492 e. The predicted octanol–water partition coefficient (Wildman–Crippen LogP) is 7.33. The van der Waals surface area contributed by atoms with Crippen LogP contribution in [0.1, 0.15) is 62.0 Å².